The van der Waals surface area contributed by atoms with E-state index >= 15 is 0 Å². The molecule has 2 N–H and O–H groups in total. The number of rotatable bonds is 7. The van der Waals surface area contributed by atoms with Crippen molar-refractivity contribution in [2.45, 2.75) is 6.92 Å². The van der Waals surface area contributed by atoms with Crippen molar-refractivity contribution in [1.82, 2.24) is 19.9 Å². The molecule has 0 saturated carbocycles. The first kappa shape index (κ1) is 19.1. The Kier molecular flexibility index (Phi) is 6.21. The second-order valence-electron chi connectivity index (χ2n) is 6.52. The molecule has 27 heavy (non-hydrogen) atoms. The van der Waals surface area contributed by atoms with Crippen molar-refractivity contribution < 1.29 is 0 Å². The quantitative estimate of drug-likeness (QED) is 0.637. The Balaban J connectivity index is 1.91. The molecule has 0 radical (unpaired) electrons. The van der Waals surface area contributed by atoms with Crippen LogP contribution < -0.4 is 10.6 Å². The molecule has 0 aliphatic rings. The highest BCUT2D eigenvalue weighted by atomic mass is 35.5. The Morgan fingerprint density at radius 2 is 1.89 bits per heavy atom. The summed E-state index contributed by atoms with van der Waals surface area (Å²) in [7, 11) is 4.05. The molecule has 0 saturated heterocycles. The highest BCUT2D eigenvalue weighted by Crippen LogP contribution is 2.27. The number of nitrogens with zero attached hydrogens (tertiary/aromatic N) is 4. The van der Waals surface area contributed by atoms with Crippen LogP contribution in [-0.2, 0) is 0 Å². The number of benzene rings is 1. The highest BCUT2D eigenvalue weighted by Gasteiger charge is 2.09. The van der Waals surface area contributed by atoms with Gasteiger partial charge in [-0.3, -0.25) is 4.98 Å². The molecule has 0 unspecified atom stereocenters. The lowest BCUT2D eigenvalue weighted by molar-refractivity contribution is 0.425. The lowest BCUT2D eigenvalue weighted by atomic mass is 10.2. The fourth-order valence-corrected chi connectivity index (χ4v) is 2.77. The molecule has 0 bridgehead atoms. The molecule has 3 rings (SSSR count). The molecule has 0 amide bonds. The average Bonchev–Trinajstić information content (AvgIpc) is 2.64. The molecule has 140 valence electrons. The fraction of sp³-hybridized carbons (Fsp3) is 0.250. The van der Waals surface area contributed by atoms with Gasteiger partial charge in [0.15, 0.2) is 0 Å². The molecule has 0 aliphatic carbocycles. The maximum absolute atomic E-state index is 6.36. The van der Waals surface area contributed by atoms with Gasteiger partial charge in [-0.15, -0.1) is 0 Å². The number of pyridine rings is 1. The van der Waals surface area contributed by atoms with Crippen LogP contribution in [-0.4, -0.2) is 47.0 Å². The molecular weight excluding hydrogens is 360 g/mol. The molecule has 0 aliphatic heterocycles. The Morgan fingerprint density at radius 3 is 2.59 bits per heavy atom. The van der Waals surface area contributed by atoms with Crippen LogP contribution in [0.15, 0.2) is 48.7 Å². The van der Waals surface area contributed by atoms with Crippen molar-refractivity contribution in [2.75, 3.05) is 37.8 Å². The van der Waals surface area contributed by atoms with Gasteiger partial charge >= 0.3 is 0 Å². The second-order valence-corrected chi connectivity index (χ2v) is 6.92. The third kappa shape index (κ3) is 5.39. The first-order chi connectivity index (χ1) is 13.0. The Labute approximate surface area is 164 Å². The van der Waals surface area contributed by atoms with Gasteiger partial charge in [0.2, 0.25) is 5.95 Å². The van der Waals surface area contributed by atoms with Gasteiger partial charge in [-0.25, -0.2) is 4.98 Å². The van der Waals surface area contributed by atoms with Crippen LogP contribution in [0.25, 0.3) is 11.4 Å². The van der Waals surface area contributed by atoms with Gasteiger partial charge in [-0.1, -0.05) is 23.7 Å². The topological polar surface area (TPSA) is 66.0 Å². The molecular formula is C20H23ClN6. The van der Waals surface area contributed by atoms with E-state index in [1.807, 2.05) is 63.5 Å². The predicted molar refractivity (Wildman–Crippen MR) is 112 cm³/mol. The van der Waals surface area contributed by atoms with E-state index in [-0.39, 0.29) is 0 Å². The van der Waals surface area contributed by atoms with Crippen molar-refractivity contribution in [3.05, 3.63) is 59.2 Å². The lowest BCUT2D eigenvalue weighted by Gasteiger charge is -2.14. The summed E-state index contributed by atoms with van der Waals surface area (Å²) in [6.07, 6.45) is 1.75. The van der Waals surface area contributed by atoms with Crippen LogP contribution in [0.2, 0.25) is 5.02 Å². The van der Waals surface area contributed by atoms with E-state index in [0.29, 0.717) is 16.8 Å². The number of hydrogen-bond donors (Lipinski definition) is 2. The van der Waals surface area contributed by atoms with Crippen LogP contribution in [0.3, 0.4) is 0 Å². The SMILES string of the molecule is Cc1ccc(Nc2cc(-c3ccccn3)nc(NCCN(C)C)n2)c(Cl)c1. The molecule has 1 aromatic carbocycles. The summed E-state index contributed by atoms with van der Waals surface area (Å²) in [5, 5.41) is 7.21. The van der Waals surface area contributed by atoms with Gasteiger partial charge in [-0.05, 0) is 50.8 Å². The molecule has 2 heterocycles. The van der Waals surface area contributed by atoms with Gasteiger partial charge in [0.1, 0.15) is 5.82 Å². The molecule has 0 spiro atoms. The van der Waals surface area contributed by atoms with E-state index in [1.54, 1.807) is 6.20 Å². The number of aromatic nitrogens is 3. The summed E-state index contributed by atoms with van der Waals surface area (Å²) < 4.78 is 0. The molecule has 3 aromatic rings. The Hall–Kier alpha value is -2.70. The van der Waals surface area contributed by atoms with Crippen LogP contribution >= 0.6 is 11.6 Å². The van der Waals surface area contributed by atoms with Gasteiger partial charge in [0, 0.05) is 25.4 Å². The van der Waals surface area contributed by atoms with Gasteiger partial charge in [0.25, 0.3) is 0 Å². The van der Waals surface area contributed by atoms with E-state index in [1.165, 1.54) is 0 Å². The normalized spacial score (nSPS) is 10.9. The lowest BCUT2D eigenvalue weighted by Crippen LogP contribution is -2.21. The van der Waals surface area contributed by atoms with Crippen molar-refractivity contribution in [3.63, 3.8) is 0 Å². The van der Waals surface area contributed by atoms with Crippen LogP contribution in [0.4, 0.5) is 17.5 Å². The minimum Gasteiger partial charge on any atom is -0.353 e. The first-order valence-corrected chi connectivity index (χ1v) is 9.11. The number of nitrogens with one attached hydrogen (secondary N) is 2. The minimum absolute atomic E-state index is 0.547. The first-order valence-electron chi connectivity index (χ1n) is 8.73. The van der Waals surface area contributed by atoms with E-state index in [2.05, 4.69) is 30.5 Å². The van der Waals surface area contributed by atoms with E-state index in [4.69, 9.17) is 11.6 Å². The number of hydrogen-bond acceptors (Lipinski definition) is 6. The highest BCUT2D eigenvalue weighted by molar-refractivity contribution is 6.33. The van der Waals surface area contributed by atoms with Crippen molar-refractivity contribution in [1.29, 1.82) is 0 Å². The summed E-state index contributed by atoms with van der Waals surface area (Å²) in [5.41, 5.74) is 3.43. The standard InChI is InChI=1S/C20H23ClN6/c1-14-7-8-16(15(21)12-14)24-19-13-18(17-6-4-5-9-22-17)25-20(26-19)23-10-11-27(2)3/h4-9,12-13H,10-11H2,1-3H3,(H2,23,24,25,26). The molecule has 7 heteroatoms. The predicted octanol–water partition coefficient (Wildman–Crippen LogP) is 4.22. The number of halogens is 1. The van der Waals surface area contributed by atoms with Crippen molar-refractivity contribution >= 4 is 29.1 Å². The third-order valence-corrected chi connectivity index (χ3v) is 4.20. The van der Waals surface area contributed by atoms with Crippen LogP contribution in [0, 0.1) is 6.92 Å². The third-order valence-electron chi connectivity index (χ3n) is 3.88. The Bertz CT molecular complexity index is 898. The van der Waals surface area contributed by atoms with Crippen molar-refractivity contribution in [3.8, 4) is 11.4 Å². The van der Waals surface area contributed by atoms with Crippen LogP contribution in [0.5, 0.6) is 0 Å². The second kappa shape index (κ2) is 8.79. The maximum Gasteiger partial charge on any atom is 0.225 e. The van der Waals surface area contributed by atoms with E-state index in [9.17, 15) is 0 Å². The smallest absolute Gasteiger partial charge is 0.225 e. The maximum atomic E-state index is 6.36. The van der Waals surface area contributed by atoms with Gasteiger partial charge in [-0.2, -0.15) is 4.98 Å². The summed E-state index contributed by atoms with van der Waals surface area (Å²) in [6, 6.07) is 13.5. The summed E-state index contributed by atoms with van der Waals surface area (Å²) in [4.78, 5) is 15.7. The summed E-state index contributed by atoms with van der Waals surface area (Å²) in [5.74, 6) is 1.20. The number of aryl methyl sites for hydroxylation is 1. The zero-order valence-corrected chi connectivity index (χ0v) is 16.5. The minimum atomic E-state index is 0.547. The number of anilines is 3. The summed E-state index contributed by atoms with van der Waals surface area (Å²) in [6.45, 7) is 3.62. The monoisotopic (exact) mass is 382 g/mol. The van der Waals surface area contributed by atoms with Gasteiger partial charge in [0.05, 0.1) is 22.1 Å². The fourth-order valence-electron chi connectivity index (χ4n) is 2.49. The van der Waals surface area contributed by atoms with Crippen molar-refractivity contribution in [2.24, 2.45) is 0 Å². The zero-order chi connectivity index (χ0) is 19.2. The molecule has 0 fully saturated rings. The largest absolute Gasteiger partial charge is 0.353 e. The summed E-state index contributed by atoms with van der Waals surface area (Å²) >= 11 is 6.36. The average molecular weight is 383 g/mol. The van der Waals surface area contributed by atoms with Crippen LogP contribution in [0.1, 0.15) is 5.56 Å². The number of likely N-dealkylation sites (N-methyl/N-ethyl adjacent to an activating group) is 1. The molecule has 2 aromatic heterocycles. The van der Waals surface area contributed by atoms with E-state index in [0.717, 1.165) is 35.7 Å². The Morgan fingerprint density at radius 1 is 1.04 bits per heavy atom. The molecule has 0 atom stereocenters. The van der Waals surface area contributed by atoms with Gasteiger partial charge < -0.3 is 15.5 Å². The zero-order valence-electron chi connectivity index (χ0n) is 15.7. The van der Waals surface area contributed by atoms with E-state index < -0.39 is 0 Å². The molecule has 6 nitrogen and oxygen atoms in total.